The number of carbonyl (C=O) groups excluding carboxylic acids is 2. The number of piperazine rings is 1. The van der Waals surface area contributed by atoms with Crippen LogP contribution in [0, 0.1) is 0 Å². The fraction of sp³-hybridized carbons (Fsp3) is 0.286. The average Bonchev–Trinajstić information content (AvgIpc) is 2.86. The average molecular weight is 442 g/mol. The normalized spacial score (nSPS) is 14.3. The SMILES string of the molecule is CCCC(=O)Nc1ccccc1C(=O)N1CCN(C(c2ccccc2)c2ccccc2)CC1. The smallest absolute Gasteiger partial charge is 0.256 e. The van der Waals surface area contributed by atoms with Gasteiger partial charge in [-0.2, -0.15) is 0 Å². The summed E-state index contributed by atoms with van der Waals surface area (Å²) in [5.41, 5.74) is 3.66. The topological polar surface area (TPSA) is 52.7 Å². The summed E-state index contributed by atoms with van der Waals surface area (Å²) in [6.07, 6.45) is 1.22. The Balaban J connectivity index is 1.48. The van der Waals surface area contributed by atoms with E-state index in [1.54, 1.807) is 12.1 Å². The third-order valence-electron chi connectivity index (χ3n) is 6.11. The van der Waals surface area contributed by atoms with Crippen molar-refractivity contribution in [2.24, 2.45) is 0 Å². The fourth-order valence-corrected chi connectivity index (χ4v) is 4.46. The van der Waals surface area contributed by atoms with E-state index in [0.29, 0.717) is 30.8 Å². The number of amides is 2. The zero-order valence-electron chi connectivity index (χ0n) is 19.1. The molecule has 33 heavy (non-hydrogen) atoms. The van der Waals surface area contributed by atoms with E-state index < -0.39 is 0 Å². The number of nitrogens with zero attached hydrogens (tertiary/aromatic N) is 2. The van der Waals surface area contributed by atoms with Crippen molar-refractivity contribution < 1.29 is 9.59 Å². The molecule has 0 radical (unpaired) electrons. The number of rotatable bonds is 7. The van der Waals surface area contributed by atoms with E-state index in [1.807, 2.05) is 36.1 Å². The summed E-state index contributed by atoms with van der Waals surface area (Å²) in [6, 6.07) is 28.5. The van der Waals surface area contributed by atoms with Gasteiger partial charge in [0, 0.05) is 32.6 Å². The van der Waals surface area contributed by atoms with Crippen molar-refractivity contribution in [1.82, 2.24) is 9.80 Å². The van der Waals surface area contributed by atoms with E-state index in [0.717, 1.165) is 19.5 Å². The standard InChI is InChI=1S/C28H31N3O2/c1-2-11-26(32)29-25-17-10-9-16-24(25)28(33)31-20-18-30(19-21-31)27(22-12-5-3-6-13-22)23-14-7-4-8-15-23/h3-10,12-17,27H,2,11,18-21H2,1H3,(H,29,32). The Morgan fingerprint density at radius 3 is 1.91 bits per heavy atom. The predicted molar refractivity (Wildman–Crippen MR) is 132 cm³/mol. The van der Waals surface area contributed by atoms with E-state index in [4.69, 9.17) is 0 Å². The van der Waals surface area contributed by atoms with Gasteiger partial charge in [-0.1, -0.05) is 79.7 Å². The van der Waals surface area contributed by atoms with Crippen molar-refractivity contribution in [1.29, 1.82) is 0 Å². The molecule has 0 saturated carbocycles. The summed E-state index contributed by atoms with van der Waals surface area (Å²) in [5, 5.41) is 2.90. The van der Waals surface area contributed by atoms with Crippen LogP contribution in [0.5, 0.6) is 0 Å². The van der Waals surface area contributed by atoms with E-state index in [-0.39, 0.29) is 17.9 Å². The van der Waals surface area contributed by atoms with Crippen LogP contribution < -0.4 is 5.32 Å². The molecule has 5 heteroatoms. The molecule has 1 heterocycles. The largest absolute Gasteiger partial charge is 0.336 e. The lowest BCUT2D eigenvalue weighted by Gasteiger charge is -2.40. The van der Waals surface area contributed by atoms with Crippen LogP contribution in [0.1, 0.15) is 47.3 Å². The molecule has 5 nitrogen and oxygen atoms in total. The summed E-state index contributed by atoms with van der Waals surface area (Å²) in [5.74, 6) is -0.0887. The van der Waals surface area contributed by atoms with Gasteiger partial charge in [0.1, 0.15) is 0 Å². The molecule has 3 aromatic carbocycles. The van der Waals surface area contributed by atoms with Crippen LogP contribution in [0.2, 0.25) is 0 Å². The molecule has 0 aromatic heterocycles. The van der Waals surface area contributed by atoms with Crippen LogP contribution in [0.3, 0.4) is 0 Å². The first kappa shape index (κ1) is 22.7. The molecule has 170 valence electrons. The molecule has 0 spiro atoms. The minimum absolute atomic E-state index is 0.0296. The molecule has 2 amide bonds. The summed E-state index contributed by atoms with van der Waals surface area (Å²) in [4.78, 5) is 29.8. The second-order valence-corrected chi connectivity index (χ2v) is 8.40. The van der Waals surface area contributed by atoms with Crippen molar-refractivity contribution in [3.05, 3.63) is 102 Å². The molecular formula is C28H31N3O2. The van der Waals surface area contributed by atoms with Crippen LogP contribution >= 0.6 is 0 Å². The van der Waals surface area contributed by atoms with Gasteiger partial charge in [-0.05, 0) is 29.7 Å². The Bertz CT molecular complexity index is 1020. The van der Waals surface area contributed by atoms with Crippen molar-refractivity contribution in [3.8, 4) is 0 Å². The van der Waals surface area contributed by atoms with E-state index >= 15 is 0 Å². The van der Waals surface area contributed by atoms with Gasteiger partial charge >= 0.3 is 0 Å². The van der Waals surface area contributed by atoms with Gasteiger partial charge in [-0.15, -0.1) is 0 Å². The molecule has 1 aliphatic heterocycles. The molecule has 1 N–H and O–H groups in total. The third kappa shape index (κ3) is 5.49. The number of para-hydroxylation sites is 1. The van der Waals surface area contributed by atoms with Crippen LogP contribution in [0.4, 0.5) is 5.69 Å². The van der Waals surface area contributed by atoms with Gasteiger partial charge in [-0.3, -0.25) is 14.5 Å². The molecular weight excluding hydrogens is 410 g/mol. The Labute approximate surface area is 196 Å². The number of carbonyl (C=O) groups is 2. The number of hydrogen-bond donors (Lipinski definition) is 1. The first-order chi connectivity index (χ1) is 16.2. The molecule has 1 aliphatic rings. The zero-order valence-corrected chi connectivity index (χ0v) is 19.1. The number of nitrogens with one attached hydrogen (secondary N) is 1. The first-order valence-corrected chi connectivity index (χ1v) is 11.7. The molecule has 1 saturated heterocycles. The number of anilines is 1. The fourth-order valence-electron chi connectivity index (χ4n) is 4.46. The van der Waals surface area contributed by atoms with Crippen LogP contribution in [0.25, 0.3) is 0 Å². The Kier molecular flexibility index (Phi) is 7.53. The highest BCUT2D eigenvalue weighted by atomic mass is 16.2. The van der Waals surface area contributed by atoms with E-state index in [2.05, 4.69) is 58.7 Å². The minimum atomic E-state index is -0.0591. The van der Waals surface area contributed by atoms with Crippen LogP contribution in [-0.4, -0.2) is 47.8 Å². The van der Waals surface area contributed by atoms with Gasteiger partial charge in [-0.25, -0.2) is 0 Å². The maximum atomic E-state index is 13.3. The maximum absolute atomic E-state index is 13.3. The quantitative estimate of drug-likeness (QED) is 0.563. The van der Waals surface area contributed by atoms with Crippen molar-refractivity contribution >= 4 is 17.5 Å². The second-order valence-electron chi connectivity index (χ2n) is 8.40. The van der Waals surface area contributed by atoms with Gasteiger partial charge in [0.2, 0.25) is 5.91 Å². The molecule has 1 fully saturated rings. The van der Waals surface area contributed by atoms with Gasteiger partial charge < -0.3 is 10.2 Å². The molecule has 0 unspecified atom stereocenters. The molecule has 0 bridgehead atoms. The Morgan fingerprint density at radius 2 is 1.33 bits per heavy atom. The van der Waals surface area contributed by atoms with E-state index in [1.165, 1.54) is 11.1 Å². The Morgan fingerprint density at radius 1 is 0.788 bits per heavy atom. The highest BCUT2D eigenvalue weighted by Gasteiger charge is 2.29. The highest BCUT2D eigenvalue weighted by Crippen LogP contribution is 2.30. The summed E-state index contributed by atoms with van der Waals surface area (Å²) in [6.45, 7) is 4.82. The maximum Gasteiger partial charge on any atom is 0.256 e. The van der Waals surface area contributed by atoms with E-state index in [9.17, 15) is 9.59 Å². The summed E-state index contributed by atoms with van der Waals surface area (Å²) < 4.78 is 0. The lowest BCUT2D eigenvalue weighted by atomic mass is 9.96. The Hall–Kier alpha value is -3.44. The number of benzene rings is 3. The lowest BCUT2D eigenvalue weighted by molar-refractivity contribution is -0.116. The second kappa shape index (κ2) is 10.9. The molecule has 0 aliphatic carbocycles. The monoisotopic (exact) mass is 441 g/mol. The van der Waals surface area contributed by atoms with Gasteiger partial charge in [0.15, 0.2) is 0 Å². The molecule has 3 aromatic rings. The highest BCUT2D eigenvalue weighted by molar-refractivity contribution is 6.03. The van der Waals surface area contributed by atoms with Crippen molar-refractivity contribution in [2.75, 3.05) is 31.5 Å². The summed E-state index contributed by atoms with van der Waals surface area (Å²) in [7, 11) is 0. The number of hydrogen-bond acceptors (Lipinski definition) is 3. The predicted octanol–water partition coefficient (Wildman–Crippen LogP) is 4.97. The van der Waals surface area contributed by atoms with Crippen molar-refractivity contribution in [2.45, 2.75) is 25.8 Å². The zero-order chi connectivity index (χ0) is 23.0. The molecule has 0 atom stereocenters. The van der Waals surface area contributed by atoms with Crippen LogP contribution in [0.15, 0.2) is 84.9 Å². The minimum Gasteiger partial charge on any atom is -0.336 e. The van der Waals surface area contributed by atoms with Gasteiger partial charge in [0.05, 0.1) is 17.3 Å². The van der Waals surface area contributed by atoms with Crippen LogP contribution in [-0.2, 0) is 4.79 Å². The molecule has 4 rings (SSSR count). The summed E-state index contributed by atoms with van der Waals surface area (Å²) >= 11 is 0. The third-order valence-corrected chi connectivity index (χ3v) is 6.11. The lowest BCUT2D eigenvalue weighted by Crippen LogP contribution is -2.50. The van der Waals surface area contributed by atoms with Gasteiger partial charge in [0.25, 0.3) is 5.91 Å². The first-order valence-electron chi connectivity index (χ1n) is 11.7. The van der Waals surface area contributed by atoms with Crippen molar-refractivity contribution in [3.63, 3.8) is 0 Å².